The average molecular weight is 510 g/mol. The number of hydrogen-bond donors (Lipinski definition) is 1. The molecule has 0 radical (unpaired) electrons. The van der Waals surface area contributed by atoms with E-state index < -0.39 is 11.6 Å². The highest BCUT2D eigenvalue weighted by atomic mass is 32.1. The van der Waals surface area contributed by atoms with Crippen LogP contribution >= 0.6 is 22.7 Å². The summed E-state index contributed by atoms with van der Waals surface area (Å²) >= 11 is 2.74. The van der Waals surface area contributed by atoms with E-state index in [9.17, 15) is 9.90 Å². The highest BCUT2D eigenvalue weighted by Gasteiger charge is 2.51. The number of piperidine rings is 3. The number of fused-ring (bicyclic) bond motifs is 3. The number of rotatable bonds is 9. The van der Waals surface area contributed by atoms with Gasteiger partial charge in [0.25, 0.3) is 0 Å². The summed E-state index contributed by atoms with van der Waals surface area (Å²) in [7, 11) is 0. The highest BCUT2D eigenvalue weighted by Crippen LogP contribution is 2.40. The van der Waals surface area contributed by atoms with Crippen molar-refractivity contribution >= 4 is 28.6 Å². The maximum Gasteiger partial charge on any atom is 0.349 e. The summed E-state index contributed by atoms with van der Waals surface area (Å²) in [6.07, 6.45) is 2.78. The largest absolute Gasteiger partial charge is 0.493 e. The Balaban J connectivity index is 1.21. The molecule has 3 saturated heterocycles. The van der Waals surface area contributed by atoms with Gasteiger partial charge in [0.2, 0.25) is 5.60 Å². The molecule has 8 heteroatoms. The number of esters is 1. The van der Waals surface area contributed by atoms with E-state index in [0.29, 0.717) is 27.8 Å². The molecule has 0 aliphatic carbocycles. The summed E-state index contributed by atoms with van der Waals surface area (Å²) in [5, 5.41) is 24.3. The first-order valence-corrected chi connectivity index (χ1v) is 13.8. The first kappa shape index (κ1) is 24.0. The first-order chi connectivity index (χ1) is 17.0. The monoisotopic (exact) mass is 509 g/mol. The number of nitrogens with zero attached hydrogens (tertiary/aromatic N) is 2. The Kier molecular flexibility index (Phi) is 6.94. The minimum absolute atomic E-state index is 0.184. The Morgan fingerprint density at radius 1 is 1.09 bits per heavy atom. The summed E-state index contributed by atoms with van der Waals surface area (Å²) in [6.45, 7) is 4.55. The van der Waals surface area contributed by atoms with Crippen LogP contribution in [-0.4, -0.2) is 54.4 Å². The van der Waals surface area contributed by atoms with E-state index in [1.54, 1.807) is 24.3 Å². The van der Waals surface area contributed by atoms with Crippen LogP contribution in [-0.2, 0) is 15.1 Å². The van der Waals surface area contributed by atoms with Gasteiger partial charge in [-0.2, -0.15) is 5.26 Å². The van der Waals surface area contributed by atoms with Gasteiger partial charge in [-0.3, -0.25) is 0 Å². The van der Waals surface area contributed by atoms with Crippen molar-refractivity contribution in [3.8, 4) is 11.8 Å². The van der Waals surface area contributed by atoms with E-state index in [4.69, 9.17) is 14.7 Å². The second kappa shape index (κ2) is 10.1. The standard InChI is InChI=1S/C27H29N2O4S2/c28-18-20-6-8-22(9-7-20)32-15-3-12-29-13-10-21(11-14-29)23(19-29)33-26(30)27(31,24-4-1-16-34-24)25-5-2-17-35-25/h1-2,4-9,16-17,21,23,31H,3,10-15,19H2/q+1. The fraction of sp³-hybridized carbons (Fsp3) is 0.407. The van der Waals surface area contributed by atoms with Crippen molar-refractivity contribution in [1.82, 2.24) is 0 Å². The number of nitriles is 1. The number of thiophene rings is 2. The highest BCUT2D eigenvalue weighted by molar-refractivity contribution is 7.12. The van der Waals surface area contributed by atoms with Gasteiger partial charge in [-0.05, 0) is 47.2 Å². The zero-order valence-electron chi connectivity index (χ0n) is 19.5. The quantitative estimate of drug-likeness (QED) is 0.260. The Morgan fingerprint density at radius 3 is 2.31 bits per heavy atom. The topological polar surface area (TPSA) is 79.5 Å². The summed E-state index contributed by atoms with van der Waals surface area (Å²) < 4.78 is 12.9. The van der Waals surface area contributed by atoms with Crippen LogP contribution in [0.15, 0.2) is 59.3 Å². The molecule has 3 aliphatic heterocycles. The van der Waals surface area contributed by atoms with E-state index in [1.807, 2.05) is 35.0 Å². The lowest BCUT2D eigenvalue weighted by Crippen LogP contribution is -2.65. The molecule has 35 heavy (non-hydrogen) atoms. The molecular weight excluding hydrogens is 480 g/mol. The van der Waals surface area contributed by atoms with Crippen molar-refractivity contribution in [3.63, 3.8) is 0 Å². The number of carbonyl (C=O) groups excluding carboxylic acids is 1. The van der Waals surface area contributed by atoms with E-state index in [1.165, 1.54) is 22.7 Å². The molecule has 1 aromatic carbocycles. The van der Waals surface area contributed by atoms with Gasteiger partial charge in [-0.15, -0.1) is 22.7 Å². The number of aliphatic hydroxyl groups is 1. The van der Waals surface area contributed by atoms with Gasteiger partial charge >= 0.3 is 5.97 Å². The van der Waals surface area contributed by atoms with Crippen LogP contribution in [0.5, 0.6) is 5.75 Å². The zero-order valence-corrected chi connectivity index (χ0v) is 21.1. The van der Waals surface area contributed by atoms with Crippen LogP contribution in [0.2, 0.25) is 0 Å². The van der Waals surface area contributed by atoms with Gasteiger partial charge in [0, 0.05) is 25.2 Å². The van der Waals surface area contributed by atoms with Crippen LogP contribution in [0, 0.1) is 17.2 Å². The molecule has 0 spiro atoms. The molecule has 0 saturated carbocycles. The van der Waals surface area contributed by atoms with Crippen LogP contribution in [0.4, 0.5) is 0 Å². The van der Waals surface area contributed by atoms with Crippen molar-refractivity contribution in [2.45, 2.75) is 31.0 Å². The van der Waals surface area contributed by atoms with Gasteiger partial charge in [-0.25, -0.2) is 4.79 Å². The van der Waals surface area contributed by atoms with E-state index >= 15 is 0 Å². The fourth-order valence-electron chi connectivity index (χ4n) is 5.40. The van der Waals surface area contributed by atoms with Crippen molar-refractivity contribution < 1.29 is 23.9 Å². The van der Waals surface area contributed by atoms with E-state index in [2.05, 4.69) is 6.07 Å². The molecule has 0 amide bonds. The van der Waals surface area contributed by atoms with Gasteiger partial charge in [-0.1, -0.05) is 12.1 Å². The lowest BCUT2D eigenvalue weighted by Gasteiger charge is -2.52. The first-order valence-electron chi connectivity index (χ1n) is 12.0. The van der Waals surface area contributed by atoms with Gasteiger partial charge in [0.05, 0.1) is 47.6 Å². The normalized spacial score (nSPS) is 23.5. The third-order valence-electron chi connectivity index (χ3n) is 7.38. The molecule has 1 unspecified atom stereocenters. The van der Waals surface area contributed by atoms with Crippen molar-refractivity contribution in [2.75, 3.05) is 32.8 Å². The molecular formula is C27H29N2O4S2+. The number of benzene rings is 1. The Labute approximate surface area is 213 Å². The van der Waals surface area contributed by atoms with Crippen molar-refractivity contribution in [3.05, 3.63) is 74.6 Å². The molecule has 182 valence electrons. The lowest BCUT2D eigenvalue weighted by molar-refractivity contribution is -0.946. The van der Waals surface area contributed by atoms with Gasteiger partial charge in [0.15, 0.2) is 6.10 Å². The van der Waals surface area contributed by atoms with E-state index in [-0.39, 0.29) is 6.10 Å². The molecule has 6 nitrogen and oxygen atoms in total. The molecule has 5 heterocycles. The molecule has 1 atom stereocenters. The Hall–Kier alpha value is -2.70. The second-order valence-corrected chi connectivity index (χ2v) is 11.4. The maximum atomic E-state index is 13.5. The third kappa shape index (κ3) is 4.87. The van der Waals surface area contributed by atoms with Crippen molar-refractivity contribution in [2.24, 2.45) is 5.92 Å². The number of quaternary nitrogens is 1. The van der Waals surface area contributed by atoms with Crippen LogP contribution < -0.4 is 4.74 Å². The third-order valence-corrected chi connectivity index (χ3v) is 9.34. The smallest absolute Gasteiger partial charge is 0.349 e. The van der Waals surface area contributed by atoms with Crippen LogP contribution in [0.25, 0.3) is 0 Å². The maximum absolute atomic E-state index is 13.5. The minimum atomic E-state index is -1.76. The molecule has 2 aromatic heterocycles. The Morgan fingerprint density at radius 2 is 1.74 bits per heavy atom. The minimum Gasteiger partial charge on any atom is -0.493 e. The molecule has 3 aromatic rings. The average Bonchev–Trinajstić information content (AvgIpc) is 3.63. The molecule has 1 N–H and O–H groups in total. The van der Waals surface area contributed by atoms with Crippen LogP contribution in [0.3, 0.4) is 0 Å². The summed E-state index contributed by atoms with van der Waals surface area (Å²) in [5.74, 6) is 0.558. The summed E-state index contributed by atoms with van der Waals surface area (Å²) in [6, 6.07) is 16.6. The number of carbonyl (C=O) groups is 1. The summed E-state index contributed by atoms with van der Waals surface area (Å²) in [4.78, 5) is 14.7. The van der Waals surface area contributed by atoms with E-state index in [0.717, 1.165) is 55.7 Å². The van der Waals surface area contributed by atoms with Gasteiger partial charge < -0.3 is 19.1 Å². The second-order valence-electron chi connectivity index (χ2n) is 9.48. The summed E-state index contributed by atoms with van der Waals surface area (Å²) in [5.41, 5.74) is -1.13. The molecule has 6 rings (SSSR count). The van der Waals surface area contributed by atoms with Crippen molar-refractivity contribution in [1.29, 1.82) is 5.26 Å². The SMILES string of the molecule is N#Cc1ccc(OCCC[N+]23CCC(CC2)C(OC(=O)C(O)(c2cccs2)c2cccs2)C3)cc1. The Bertz CT molecular complexity index is 1130. The molecule has 2 bridgehead atoms. The predicted molar refractivity (Wildman–Crippen MR) is 135 cm³/mol. The molecule has 3 aliphatic rings. The predicted octanol–water partition coefficient (Wildman–Crippen LogP) is 4.54. The number of ether oxygens (including phenoxy) is 2. The van der Waals surface area contributed by atoms with Gasteiger partial charge in [0.1, 0.15) is 12.3 Å². The fourth-order valence-corrected chi connectivity index (χ4v) is 7.11. The molecule has 3 fully saturated rings. The van der Waals surface area contributed by atoms with Crippen LogP contribution in [0.1, 0.15) is 34.6 Å². The number of hydrogen-bond acceptors (Lipinski definition) is 7. The zero-order chi connectivity index (χ0) is 24.3. The lowest BCUT2D eigenvalue weighted by atomic mass is 9.83.